The normalized spacial score (nSPS) is 12.8. The molecule has 0 saturated heterocycles. The van der Waals surface area contributed by atoms with Crippen LogP contribution in [0.3, 0.4) is 0 Å². The van der Waals surface area contributed by atoms with Crippen molar-refractivity contribution in [3.63, 3.8) is 0 Å². The summed E-state index contributed by atoms with van der Waals surface area (Å²) in [5.74, 6) is 0. The molecule has 1 atom stereocenters. The molecule has 1 unspecified atom stereocenters. The molecule has 2 rings (SSSR count). The van der Waals surface area contributed by atoms with Gasteiger partial charge in [-0.3, -0.25) is 4.98 Å². The van der Waals surface area contributed by atoms with E-state index >= 15 is 0 Å². The maximum Gasteiger partial charge on any atom is 0.0704 e. The lowest BCUT2D eigenvalue weighted by molar-refractivity contribution is 0.162. The van der Waals surface area contributed by atoms with E-state index in [1.54, 1.807) is 0 Å². The van der Waals surface area contributed by atoms with Crippen molar-refractivity contribution < 1.29 is 5.11 Å². The molecule has 0 aliphatic rings. The number of pyridine rings is 1. The zero-order valence-electron chi connectivity index (χ0n) is 10.3. The quantitative estimate of drug-likeness (QED) is 0.853. The number of aliphatic hydroxyl groups is 1. The van der Waals surface area contributed by atoms with E-state index in [4.69, 9.17) is 0 Å². The lowest BCUT2D eigenvalue weighted by atomic mass is 10.0. The molecule has 0 saturated carbocycles. The Balaban J connectivity index is 2.18. The van der Waals surface area contributed by atoms with Gasteiger partial charge in [0.1, 0.15) is 0 Å². The molecule has 0 bridgehead atoms. The Morgan fingerprint density at radius 2 is 2.06 bits per heavy atom. The van der Waals surface area contributed by atoms with Gasteiger partial charge in [0.2, 0.25) is 0 Å². The second-order valence-electron chi connectivity index (χ2n) is 4.49. The summed E-state index contributed by atoms with van der Waals surface area (Å²) in [6.07, 6.45) is 5.42. The molecule has 90 valence electrons. The molecule has 17 heavy (non-hydrogen) atoms. The van der Waals surface area contributed by atoms with Gasteiger partial charge in [-0.25, -0.2) is 0 Å². The molecule has 0 fully saturated rings. The van der Waals surface area contributed by atoms with Crippen molar-refractivity contribution in [1.29, 1.82) is 0 Å². The Hall–Kier alpha value is -1.41. The van der Waals surface area contributed by atoms with Gasteiger partial charge >= 0.3 is 0 Å². The van der Waals surface area contributed by atoms with Gasteiger partial charge in [-0.2, -0.15) is 0 Å². The van der Waals surface area contributed by atoms with Crippen molar-refractivity contribution in [2.24, 2.45) is 0 Å². The minimum absolute atomic E-state index is 0.235. The largest absolute Gasteiger partial charge is 0.393 e. The third-order valence-electron chi connectivity index (χ3n) is 3.09. The molecule has 0 aliphatic heterocycles. The van der Waals surface area contributed by atoms with Crippen LogP contribution in [0.15, 0.2) is 36.5 Å². The fourth-order valence-corrected chi connectivity index (χ4v) is 2.13. The minimum Gasteiger partial charge on any atom is -0.393 e. The highest BCUT2D eigenvalue weighted by Crippen LogP contribution is 2.18. The van der Waals surface area contributed by atoms with Crippen LogP contribution in [0.1, 0.15) is 31.7 Å². The Labute approximate surface area is 102 Å². The standard InChI is InChI=1S/C15H19NO/c1-2-3-6-13(17)11-12-9-10-16-15-8-5-4-7-14(12)15/h4-5,7-10,13,17H,2-3,6,11H2,1H3. The van der Waals surface area contributed by atoms with E-state index in [-0.39, 0.29) is 6.10 Å². The van der Waals surface area contributed by atoms with Crippen molar-refractivity contribution in [2.45, 2.75) is 38.7 Å². The average molecular weight is 229 g/mol. The highest BCUT2D eigenvalue weighted by atomic mass is 16.3. The fourth-order valence-electron chi connectivity index (χ4n) is 2.13. The van der Waals surface area contributed by atoms with Crippen molar-refractivity contribution in [1.82, 2.24) is 4.98 Å². The van der Waals surface area contributed by atoms with Gasteiger partial charge in [0.15, 0.2) is 0 Å². The monoisotopic (exact) mass is 229 g/mol. The molecule has 0 spiro atoms. The van der Waals surface area contributed by atoms with Crippen LogP contribution in [0.25, 0.3) is 10.9 Å². The summed E-state index contributed by atoms with van der Waals surface area (Å²) in [6.45, 7) is 2.15. The molecular weight excluding hydrogens is 210 g/mol. The summed E-state index contributed by atoms with van der Waals surface area (Å²) in [7, 11) is 0. The number of rotatable bonds is 5. The Bertz CT molecular complexity index is 476. The molecule has 1 aromatic heterocycles. The van der Waals surface area contributed by atoms with Crippen LogP contribution in [-0.2, 0) is 6.42 Å². The number of benzene rings is 1. The van der Waals surface area contributed by atoms with E-state index in [1.165, 1.54) is 5.56 Å². The molecule has 0 amide bonds. The zero-order valence-corrected chi connectivity index (χ0v) is 10.3. The van der Waals surface area contributed by atoms with Crippen molar-refractivity contribution in [3.8, 4) is 0 Å². The molecule has 2 heteroatoms. The van der Waals surface area contributed by atoms with Gasteiger partial charge in [0.25, 0.3) is 0 Å². The highest BCUT2D eigenvalue weighted by molar-refractivity contribution is 5.81. The fraction of sp³-hybridized carbons (Fsp3) is 0.400. The first-order chi connectivity index (χ1) is 8.31. The summed E-state index contributed by atoms with van der Waals surface area (Å²) < 4.78 is 0. The summed E-state index contributed by atoms with van der Waals surface area (Å²) >= 11 is 0. The number of hydrogen-bond acceptors (Lipinski definition) is 2. The molecule has 1 heterocycles. The second-order valence-corrected chi connectivity index (χ2v) is 4.49. The van der Waals surface area contributed by atoms with Crippen LogP contribution in [-0.4, -0.2) is 16.2 Å². The lowest BCUT2D eigenvalue weighted by Crippen LogP contribution is -2.10. The Kier molecular flexibility index (Phi) is 4.10. The SMILES string of the molecule is CCCCC(O)Cc1ccnc2ccccc12. The van der Waals surface area contributed by atoms with Crippen LogP contribution in [0.4, 0.5) is 0 Å². The molecular formula is C15H19NO. The van der Waals surface area contributed by atoms with Crippen LogP contribution in [0.2, 0.25) is 0 Å². The van der Waals surface area contributed by atoms with E-state index in [0.29, 0.717) is 0 Å². The Morgan fingerprint density at radius 1 is 1.24 bits per heavy atom. The van der Waals surface area contributed by atoms with E-state index in [0.717, 1.165) is 36.6 Å². The predicted molar refractivity (Wildman–Crippen MR) is 71.0 cm³/mol. The zero-order chi connectivity index (χ0) is 12.1. The van der Waals surface area contributed by atoms with Crippen molar-refractivity contribution in [3.05, 3.63) is 42.1 Å². The average Bonchev–Trinajstić information content (AvgIpc) is 2.37. The topological polar surface area (TPSA) is 33.1 Å². The number of fused-ring (bicyclic) bond motifs is 1. The molecule has 1 N–H and O–H groups in total. The summed E-state index contributed by atoms with van der Waals surface area (Å²) in [5.41, 5.74) is 2.20. The third-order valence-corrected chi connectivity index (χ3v) is 3.09. The van der Waals surface area contributed by atoms with E-state index in [1.807, 2.05) is 30.5 Å². The summed E-state index contributed by atoms with van der Waals surface area (Å²) in [5, 5.41) is 11.1. The first-order valence-corrected chi connectivity index (χ1v) is 6.32. The minimum atomic E-state index is -0.235. The van der Waals surface area contributed by atoms with Gasteiger partial charge in [-0.05, 0) is 30.5 Å². The number of para-hydroxylation sites is 1. The van der Waals surface area contributed by atoms with Crippen molar-refractivity contribution in [2.75, 3.05) is 0 Å². The van der Waals surface area contributed by atoms with Crippen LogP contribution < -0.4 is 0 Å². The van der Waals surface area contributed by atoms with Crippen LogP contribution in [0.5, 0.6) is 0 Å². The van der Waals surface area contributed by atoms with E-state index in [9.17, 15) is 5.11 Å². The smallest absolute Gasteiger partial charge is 0.0704 e. The van der Waals surface area contributed by atoms with Crippen molar-refractivity contribution >= 4 is 10.9 Å². The second kappa shape index (κ2) is 5.78. The van der Waals surface area contributed by atoms with E-state index in [2.05, 4.69) is 18.0 Å². The van der Waals surface area contributed by atoms with Gasteiger partial charge < -0.3 is 5.11 Å². The summed E-state index contributed by atoms with van der Waals surface area (Å²) in [6, 6.07) is 10.1. The van der Waals surface area contributed by atoms with Gasteiger partial charge in [-0.1, -0.05) is 38.0 Å². The van der Waals surface area contributed by atoms with Gasteiger partial charge in [-0.15, -0.1) is 0 Å². The van der Waals surface area contributed by atoms with Crippen LogP contribution in [0, 0.1) is 0 Å². The number of hydrogen-bond donors (Lipinski definition) is 1. The molecule has 0 aliphatic carbocycles. The van der Waals surface area contributed by atoms with Gasteiger partial charge in [0, 0.05) is 11.6 Å². The third kappa shape index (κ3) is 3.04. The maximum atomic E-state index is 9.97. The Morgan fingerprint density at radius 3 is 2.88 bits per heavy atom. The number of aromatic nitrogens is 1. The first kappa shape index (κ1) is 12.1. The van der Waals surface area contributed by atoms with Gasteiger partial charge in [0.05, 0.1) is 11.6 Å². The molecule has 1 aromatic carbocycles. The maximum absolute atomic E-state index is 9.97. The number of nitrogens with zero attached hydrogens (tertiary/aromatic N) is 1. The molecule has 2 nitrogen and oxygen atoms in total. The predicted octanol–water partition coefficient (Wildman–Crippen LogP) is 3.33. The first-order valence-electron chi connectivity index (χ1n) is 6.32. The molecule has 2 aromatic rings. The lowest BCUT2D eigenvalue weighted by Gasteiger charge is -2.11. The number of unbranched alkanes of at least 4 members (excludes halogenated alkanes) is 1. The molecule has 0 radical (unpaired) electrons. The highest BCUT2D eigenvalue weighted by Gasteiger charge is 2.08. The van der Waals surface area contributed by atoms with Crippen LogP contribution >= 0.6 is 0 Å². The number of aliphatic hydroxyl groups excluding tert-OH is 1. The summed E-state index contributed by atoms with van der Waals surface area (Å²) in [4.78, 5) is 4.33. The van der Waals surface area contributed by atoms with E-state index < -0.39 is 0 Å².